The molecular formula is C36H37Cl2N3O5S. The molecule has 8 nitrogen and oxygen atoms in total. The molecular weight excluding hydrogens is 657 g/mol. The van der Waals surface area contributed by atoms with Crippen molar-refractivity contribution in [2.75, 3.05) is 18.0 Å². The number of nitrogens with one attached hydrogen (secondary N) is 1. The average molecular weight is 695 g/mol. The van der Waals surface area contributed by atoms with Crippen LogP contribution in [-0.4, -0.2) is 50.9 Å². The first kappa shape index (κ1) is 34.3. The van der Waals surface area contributed by atoms with Crippen LogP contribution in [0.25, 0.3) is 0 Å². The molecule has 246 valence electrons. The lowest BCUT2D eigenvalue weighted by Crippen LogP contribution is -2.54. The Kier molecular flexibility index (Phi) is 11.4. The number of amides is 2. The molecule has 0 radical (unpaired) electrons. The van der Waals surface area contributed by atoms with Gasteiger partial charge in [-0.05, 0) is 72.5 Å². The number of rotatable bonds is 13. The lowest BCUT2D eigenvalue weighted by Gasteiger charge is -2.34. The Morgan fingerprint density at radius 3 is 2.15 bits per heavy atom. The van der Waals surface area contributed by atoms with E-state index in [-0.39, 0.29) is 35.5 Å². The lowest BCUT2D eigenvalue weighted by molar-refractivity contribution is -0.140. The molecule has 1 saturated carbocycles. The highest BCUT2D eigenvalue weighted by Gasteiger charge is 2.35. The minimum atomic E-state index is -4.21. The van der Waals surface area contributed by atoms with Crippen LogP contribution in [0.1, 0.15) is 36.8 Å². The van der Waals surface area contributed by atoms with Crippen LogP contribution in [-0.2, 0) is 32.6 Å². The quantitative estimate of drug-likeness (QED) is 0.164. The Morgan fingerprint density at radius 1 is 0.894 bits per heavy atom. The van der Waals surface area contributed by atoms with Crippen LogP contribution in [0.15, 0.2) is 108 Å². The number of ether oxygens (including phenoxy) is 1. The summed E-state index contributed by atoms with van der Waals surface area (Å²) in [5.41, 5.74) is 1.68. The van der Waals surface area contributed by atoms with Crippen molar-refractivity contribution in [1.82, 2.24) is 10.2 Å². The van der Waals surface area contributed by atoms with Crippen molar-refractivity contribution in [3.05, 3.63) is 124 Å². The molecule has 1 aliphatic carbocycles. The van der Waals surface area contributed by atoms with Crippen LogP contribution in [0.4, 0.5) is 5.69 Å². The maximum absolute atomic E-state index is 14.6. The third-order valence-corrected chi connectivity index (χ3v) is 10.7. The van der Waals surface area contributed by atoms with Gasteiger partial charge in [0.05, 0.1) is 17.7 Å². The molecule has 0 aromatic heterocycles. The molecule has 5 rings (SSSR count). The molecule has 0 unspecified atom stereocenters. The van der Waals surface area contributed by atoms with E-state index in [0.717, 1.165) is 35.6 Å². The molecule has 4 aromatic rings. The summed E-state index contributed by atoms with van der Waals surface area (Å²) < 4.78 is 34.6. The highest BCUT2D eigenvalue weighted by molar-refractivity contribution is 7.92. The minimum absolute atomic E-state index is 0.00565. The fourth-order valence-corrected chi connectivity index (χ4v) is 7.66. The van der Waals surface area contributed by atoms with Gasteiger partial charge in [-0.15, -0.1) is 0 Å². The first-order valence-corrected chi connectivity index (χ1v) is 17.6. The van der Waals surface area contributed by atoms with E-state index in [0.29, 0.717) is 21.4 Å². The van der Waals surface area contributed by atoms with Crippen LogP contribution in [0.3, 0.4) is 0 Å². The van der Waals surface area contributed by atoms with E-state index in [1.807, 2.05) is 30.3 Å². The van der Waals surface area contributed by atoms with E-state index in [1.165, 1.54) is 24.1 Å². The number of halogens is 2. The summed E-state index contributed by atoms with van der Waals surface area (Å²) in [6.07, 6.45) is 3.98. The normalized spacial score (nSPS) is 13.9. The Balaban J connectivity index is 1.58. The van der Waals surface area contributed by atoms with E-state index in [9.17, 15) is 18.0 Å². The second-order valence-electron chi connectivity index (χ2n) is 11.5. The second-order valence-corrected chi connectivity index (χ2v) is 14.2. The fourth-order valence-electron chi connectivity index (χ4n) is 5.75. The average Bonchev–Trinajstić information content (AvgIpc) is 3.60. The SMILES string of the molecule is COc1ccc(N(CC(=O)N(Cc2ccc(Cl)cc2Cl)[C@H](Cc2ccccc2)C(=O)NC2CCCC2)S(=O)(=O)c2ccccc2)cc1. The molecule has 0 bridgehead atoms. The number of anilines is 1. The van der Waals surface area contributed by atoms with Gasteiger partial charge in [-0.1, -0.05) is 90.6 Å². The predicted octanol–water partition coefficient (Wildman–Crippen LogP) is 6.90. The van der Waals surface area contributed by atoms with Gasteiger partial charge in [0, 0.05) is 29.1 Å². The molecule has 1 fully saturated rings. The zero-order valence-corrected chi connectivity index (χ0v) is 28.3. The van der Waals surface area contributed by atoms with Gasteiger partial charge in [0.15, 0.2) is 0 Å². The van der Waals surface area contributed by atoms with Crippen LogP contribution in [0.5, 0.6) is 5.75 Å². The maximum atomic E-state index is 14.6. The number of benzene rings is 4. The van der Waals surface area contributed by atoms with Crippen LogP contribution in [0.2, 0.25) is 10.0 Å². The molecule has 0 aliphatic heterocycles. The largest absolute Gasteiger partial charge is 0.497 e. The van der Waals surface area contributed by atoms with E-state index >= 15 is 0 Å². The molecule has 1 atom stereocenters. The van der Waals surface area contributed by atoms with Gasteiger partial charge in [0.2, 0.25) is 11.8 Å². The van der Waals surface area contributed by atoms with Crippen molar-refractivity contribution >= 4 is 50.7 Å². The highest BCUT2D eigenvalue weighted by Crippen LogP contribution is 2.28. The molecule has 0 heterocycles. The van der Waals surface area contributed by atoms with Crippen molar-refractivity contribution in [3.63, 3.8) is 0 Å². The Hall–Kier alpha value is -4.05. The third-order valence-electron chi connectivity index (χ3n) is 8.30. The summed E-state index contributed by atoms with van der Waals surface area (Å²) in [6, 6.07) is 27.8. The number of carbonyl (C=O) groups is 2. The molecule has 2 amide bonds. The zero-order chi connectivity index (χ0) is 33.4. The Morgan fingerprint density at radius 2 is 1.53 bits per heavy atom. The molecule has 4 aromatic carbocycles. The van der Waals surface area contributed by atoms with E-state index in [4.69, 9.17) is 27.9 Å². The molecule has 0 saturated heterocycles. The second kappa shape index (κ2) is 15.7. The molecule has 11 heteroatoms. The van der Waals surface area contributed by atoms with Crippen LogP contribution >= 0.6 is 23.2 Å². The standard InChI is InChI=1S/C36H37Cl2N3O5S/c1-46-31-20-18-30(19-21-31)41(47(44,45)32-14-6-3-7-15-32)25-35(42)40(24-27-16-17-28(37)23-33(27)38)34(22-26-10-4-2-5-11-26)36(43)39-29-12-8-9-13-29/h2-7,10-11,14-21,23,29,34H,8-9,12-13,22,24-25H2,1H3,(H,39,43)/t34-/m1/s1. The number of nitrogens with zero attached hydrogens (tertiary/aromatic N) is 2. The summed E-state index contributed by atoms with van der Waals surface area (Å²) in [5.74, 6) is -0.349. The summed E-state index contributed by atoms with van der Waals surface area (Å²) >= 11 is 12.8. The topological polar surface area (TPSA) is 96.0 Å². The van der Waals surface area contributed by atoms with Crippen LogP contribution < -0.4 is 14.4 Å². The van der Waals surface area contributed by atoms with E-state index in [1.54, 1.807) is 60.7 Å². The Labute approximate surface area is 286 Å². The van der Waals surface area contributed by atoms with Crippen molar-refractivity contribution in [3.8, 4) is 5.75 Å². The predicted molar refractivity (Wildman–Crippen MR) is 185 cm³/mol. The van der Waals surface area contributed by atoms with E-state index in [2.05, 4.69) is 5.32 Å². The van der Waals surface area contributed by atoms with Gasteiger partial charge in [-0.3, -0.25) is 13.9 Å². The van der Waals surface area contributed by atoms with E-state index < -0.39 is 28.5 Å². The lowest BCUT2D eigenvalue weighted by atomic mass is 10.0. The van der Waals surface area contributed by atoms with Crippen molar-refractivity contribution in [1.29, 1.82) is 0 Å². The zero-order valence-electron chi connectivity index (χ0n) is 26.0. The number of hydrogen-bond donors (Lipinski definition) is 1. The summed E-state index contributed by atoms with van der Waals surface area (Å²) in [4.78, 5) is 30.2. The first-order valence-electron chi connectivity index (χ1n) is 15.5. The van der Waals surface area contributed by atoms with Gasteiger partial charge < -0.3 is 15.0 Å². The minimum Gasteiger partial charge on any atom is -0.497 e. The molecule has 47 heavy (non-hydrogen) atoms. The van der Waals surface area contributed by atoms with Gasteiger partial charge in [-0.2, -0.15) is 0 Å². The highest BCUT2D eigenvalue weighted by atomic mass is 35.5. The van der Waals surface area contributed by atoms with Crippen molar-refractivity contribution in [2.45, 2.75) is 55.6 Å². The molecule has 1 aliphatic rings. The van der Waals surface area contributed by atoms with Gasteiger partial charge in [0.25, 0.3) is 10.0 Å². The fraction of sp³-hybridized carbons (Fsp3) is 0.278. The van der Waals surface area contributed by atoms with Crippen molar-refractivity contribution < 1.29 is 22.7 Å². The number of sulfonamides is 1. The number of carbonyl (C=O) groups excluding carboxylic acids is 2. The maximum Gasteiger partial charge on any atom is 0.264 e. The first-order chi connectivity index (χ1) is 22.7. The third kappa shape index (κ3) is 8.66. The summed E-state index contributed by atoms with van der Waals surface area (Å²) in [6.45, 7) is -0.622. The van der Waals surface area contributed by atoms with Crippen LogP contribution in [0, 0.1) is 0 Å². The number of methoxy groups -OCH3 is 1. The van der Waals surface area contributed by atoms with Gasteiger partial charge >= 0.3 is 0 Å². The monoisotopic (exact) mass is 693 g/mol. The molecule has 1 N–H and O–H groups in total. The van der Waals surface area contributed by atoms with Gasteiger partial charge in [0.1, 0.15) is 18.3 Å². The van der Waals surface area contributed by atoms with Crippen molar-refractivity contribution in [2.24, 2.45) is 0 Å². The molecule has 0 spiro atoms. The Bertz CT molecular complexity index is 1770. The van der Waals surface area contributed by atoms with Gasteiger partial charge in [-0.25, -0.2) is 8.42 Å². The number of hydrogen-bond acceptors (Lipinski definition) is 5. The summed E-state index contributed by atoms with van der Waals surface area (Å²) in [7, 11) is -2.70. The smallest absolute Gasteiger partial charge is 0.264 e. The summed E-state index contributed by atoms with van der Waals surface area (Å²) in [5, 5.41) is 3.92.